The van der Waals surface area contributed by atoms with Gasteiger partial charge in [-0.25, -0.2) is 4.98 Å². The van der Waals surface area contributed by atoms with Crippen LogP contribution < -0.4 is 16.8 Å². The highest BCUT2D eigenvalue weighted by atomic mass is 32.1. The van der Waals surface area contributed by atoms with Crippen molar-refractivity contribution in [2.24, 2.45) is 5.73 Å². The van der Waals surface area contributed by atoms with Crippen LogP contribution in [0.15, 0.2) is 18.5 Å². The monoisotopic (exact) mass is 319 g/mol. The Kier molecular flexibility index (Phi) is 4.25. The lowest BCUT2D eigenvalue weighted by atomic mass is 10.1. The van der Waals surface area contributed by atoms with E-state index in [9.17, 15) is 9.59 Å². The summed E-state index contributed by atoms with van der Waals surface area (Å²) < 4.78 is 0. The van der Waals surface area contributed by atoms with E-state index in [4.69, 9.17) is 11.5 Å². The van der Waals surface area contributed by atoms with Gasteiger partial charge >= 0.3 is 0 Å². The van der Waals surface area contributed by atoms with Gasteiger partial charge < -0.3 is 16.8 Å². The number of thiazole rings is 1. The molecule has 116 valence electrons. The molecule has 0 saturated heterocycles. The van der Waals surface area contributed by atoms with Crippen molar-refractivity contribution in [1.29, 1.82) is 0 Å². The quantitative estimate of drug-likeness (QED) is 0.736. The number of anilines is 2. The SMILES string of the molecule is CC(=O)c1nc(NC(=O)C(C)(C)N)sc1-c1cncc(N)c1. The number of nitrogens with zero attached hydrogens (tertiary/aromatic N) is 2. The zero-order valence-corrected chi connectivity index (χ0v) is 13.3. The van der Waals surface area contributed by atoms with E-state index in [-0.39, 0.29) is 17.4 Å². The maximum Gasteiger partial charge on any atom is 0.245 e. The molecular weight excluding hydrogens is 302 g/mol. The van der Waals surface area contributed by atoms with E-state index >= 15 is 0 Å². The Hall–Kier alpha value is -2.32. The zero-order valence-electron chi connectivity index (χ0n) is 12.5. The van der Waals surface area contributed by atoms with Crippen LogP contribution in [0, 0.1) is 0 Å². The maximum atomic E-state index is 11.9. The van der Waals surface area contributed by atoms with Crippen LogP contribution >= 0.6 is 11.3 Å². The average molecular weight is 319 g/mol. The summed E-state index contributed by atoms with van der Waals surface area (Å²) >= 11 is 1.18. The molecule has 0 radical (unpaired) electrons. The fourth-order valence-corrected chi connectivity index (χ4v) is 2.64. The number of nitrogen functional groups attached to an aromatic ring is 1. The van der Waals surface area contributed by atoms with Crippen molar-refractivity contribution in [2.75, 3.05) is 11.1 Å². The first-order valence-corrected chi connectivity index (χ1v) is 7.33. The fourth-order valence-electron chi connectivity index (χ4n) is 1.65. The number of pyridine rings is 1. The number of nitrogens with one attached hydrogen (secondary N) is 1. The van der Waals surface area contributed by atoms with E-state index in [1.54, 1.807) is 26.1 Å². The van der Waals surface area contributed by atoms with Gasteiger partial charge in [0.1, 0.15) is 5.69 Å². The lowest BCUT2D eigenvalue weighted by Gasteiger charge is -2.16. The molecule has 0 aliphatic rings. The van der Waals surface area contributed by atoms with E-state index in [0.717, 1.165) is 0 Å². The summed E-state index contributed by atoms with van der Waals surface area (Å²) in [6.07, 6.45) is 3.10. The Bertz CT molecular complexity index is 733. The third-order valence-corrected chi connectivity index (χ3v) is 3.81. The van der Waals surface area contributed by atoms with Gasteiger partial charge in [-0.15, -0.1) is 0 Å². The summed E-state index contributed by atoms with van der Waals surface area (Å²) in [5.41, 5.74) is 11.8. The number of amides is 1. The molecule has 0 saturated carbocycles. The average Bonchev–Trinajstić information content (AvgIpc) is 2.81. The summed E-state index contributed by atoms with van der Waals surface area (Å²) in [4.78, 5) is 32.5. The summed E-state index contributed by atoms with van der Waals surface area (Å²) in [6.45, 7) is 4.59. The van der Waals surface area contributed by atoms with Crippen LogP contribution in [0.5, 0.6) is 0 Å². The molecule has 0 spiro atoms. The zero-order chi connectivity index (χ0) is 16.5. The third kappa shape index (κ3) is 3.46. The molecule has 2 aromatic rings. The van der Waals surface area contributed by atoms with E-state index in [2.05, 4.69) is 15.3 Å². The van der Waals surface area contributed by atoms with Crippen molar-refractivity contribution >= 4 is 33.8 Å². The van der Waals surface area contributed by atoms with Crippen molar-refractivity contribution < 1.29 is 9.59 Å². The van der Waals surface area contributed by atoms with Gasteiger partial charge in [0.2, 0.25) is 5.91 Å². The van der Waals surface area contributed by atoms with Crippen LogP contribution in [-0.4, -0.2) is 27.2 Å². The first-order valence-electron chi connectivity index (χ1n) is 6.51. The molecule has 5 N–H and O–H groups in total. The number of carbonyl (C=O) groups excluding carboxylic acids is 2. The maximum absolute atomic E-state index is 11.9. The molecule has 0 unspecified atom stereocenters. The van der Waals surface area contributed by atoms with Crippen molar-refractivity contribution in [3.05, 3.63) is 24.2 Å². The Morgan fingerprint density at radius 1 is 1.32 bits per heavy atom. The Morgan fingerprint density at radius 3 is 2.55 bits per heavy atom. The van der Waals surface area contributed by atoms with Gasteiger partial charge in [-0.05, 0) is 19.9 Å². The standard InChI is InChI=1S/C14H17N5O2S/c1-7(20)10-11(8-4-9(15)6-17-5-8)22-13(18-10)19-12(21)14(2,3)16/h4-6H,15-16H2,1-3H3,(H,18,19,21). The number of rotatable bonds is 4. The second kappa shape index (κ2) is 5.82. The molecule has 0 aliphatic carbocycles. The largest absolute Gasteiger partial charge is 0.397 e. The first-order chi connectivity index (χ1) is 10.2. The van der Waals surface area contributed by atoms with Crippen LogP contribution in [0.2, 0.25) is 0 Å². The number of Topliss-reactive ketones (excluding diaryl/α,β-unsaturated/α-hetero) is 1. The number of hydrogen-bond donors (Lipinski definition) is 3. The smallest absolute Gasteiger partial charge is 0.245 e. The summed E-state index contributed by atoms with van der Waals surface area (Å²) in [7, 11) is 0. The van der Waals surface area contributed by atoms with Crippen LogP contribution in [-0.2, 0) is 4.79 Å². The minimum absolute atomic E-state index is 0.207. The molecule has 0 aliphatic heterocycles. The second-order valence-corrected chi connectivity index (χ2v) is 6.43. The lowest BCUT2D eigenvalue weighted by Crippen LogP contribution is -2.45. The number of aromatic nitrogens is 2. The summed E-state index contributed by atoms with van der Waals surface area (Å²) in [6, 6.07) is 1.70. The highest BCUT2D eigenvalue weighted by Gasteiger charge is 2.24. The molecule has 0 aromatic carbocycles. The molecule has 1 amide bonds. The molecule has 0 bridgehead atoms. The molecule has 8 heteroatoms. The first kappa shape index (κ1) is 16.1. The van der Waals surface area contributed by atoms with Crippen molar-refractivity contribution in [1.82, 2.24) is 9.97 Å². The van der Waals surface area contributed by atoms with Crippen molar-refractivity contribution in [3.8, 4) is 10.4 Å². The fraction of sp³-hybridized carbons (Fsp3) is 0.286. The molecule has 2 heterocycles. The van der Waals surface area contributed by atoms with E-state index in [0.29, 0.717) is 21.3 Å². The predicted molar refractivity (Wildman–Crippen MR) is 86.7 cm³/mol. The number of ketones is 1. The van der Waals surface area contributed by atoms with Gasteiger partial charge in [-0.1, -0.05) is 11.3 Å². The van der Waals surface area contributed by atoms with Crippen LogP contribution in [0.1, 0.15) is 31.3 Å². The van der Waals surface area contributed by atoms with Gasteiger partial charge in [0, 0.05) is 24.9 Å². The molecule has 7 nitrogen and oxygen atoms in total. The third-order valence-electron chi connectivity index (χ3n) is 2.79. The Morgan fingerprint density at radius 2 is 2.00 bits per heavy atom. The van der Waals surface area contributed by atoms with Crippen molar-refractivity contribution in [2.45, 2.75) is 26.3 Å². The summed E-state index contributed by atoms with van der Waals surface area (Å²) in [5, 5.41) is 2.93. The molecular formula is C14H17N5O2S. The van der Waals surface area contributed by atoms with Crippen LogP contribution in [0.25, 0.3) is 10.4 Å². The molecule has 22 heavy (non-hydrogen) atoms. The van der Waals surface area contributed by atoms with Gasteiger partial charge in [-0.3, -0.25) is 14.6 Å². The van der Waals surface area contributed by atoms with Crippen LogP contribution in [0.3, 0.4) is 0 Å². The molecule has 2 rings (SSSR count). The highest BCUT2D eigenvalue weighted by Crippen LogP contribution is 2.34. The van der Waals surface area contributed by atoms with E-state index < -0.39 is 5.54 Å². The summed E-state index contributed by atoms with van der Waals surface area (Å²) in [5.74, 6) is -0.588. The van der Waals surface area contributed by atoms with Gasteiger partial charge in [0.15, 0.2) is 10.9 Å². The lowest BCUT2D eigenvalue weighted by molar-refractivity contribution is -0.120. The molecule has 0 fully saturated rings. The topological polar surface area (TPSA) is 124 Å². The number of nitrogens with two attached hydrogens (primary N) is 2. The van der Waals surface area contributed by atoms with Gasteiger partial charge in [0.05, 0.1) is 16.1 Å². The number of carbonyl (C=O) groups is 2. The second-order valence-electron chi connectivity index (χ2n) is 5.44. The highest BCUT2D eigenvalue weighted by molar-refractivity contribution is 7.19. The van der Waals surface area contributed by atoms with E-state index in [1.165, 1.54) is 24.5 Å². The van der Waals surface area contributed by atoms with E-state index in [1.807, 2.05) is 0 Å². The minimum Gasteiger partial charge on any atom is -0.397 e. The van der Waals surface area contributed by atoms with Crippen LogP contribution in [0.4, 0.5) is 10.8 Å². The number of hydrogen-bond acceptors (Lipinski definition) is 7. The van der Waals surface area contributed by atoms with Gasteiger partial charge in [0.25, 0.3) is 0 Å². The van der Waals surface area contributed by atoms with Crippen molar-refractivity contribution in [3.63, 3.8) is 0 Å². The molecule has 2 aromatic heterocycles. The Balaban J connectivity index is 2.43. The predicted octanol–water partition coefficient (Wildman–Crippen LogP) is 1.67. The normalized spacial score (nSPS) is 11.3. The van der Waals surface area contributed by atoms with Gasteiger partial charge in [-0.2, -0.15) is 0 Å². The minimum atomic E-state index is -1.04. The molecule has 0 atom stereocenters. The Labute approximate surface area is 131 Å².